The summed E-state index contributed by atoms with van der Waals surface area (Å²) in [6.07, 6.45) is 3.47. The number of hydrogen-bond donors (Lipinski definition) is 1. The SMILES string of the molecule is C=c1oc(Nc2nc(C)cs2)n/c1=C/C(Cl)=C\C. The molecule has 0 unspecified atom stereocenters. The number of nitrogens with one attached hydrogen (secondary N) is 1. The van der Waals surface area contributed by atoms with Gasteiger partial charge in [0, 0.05) is 10.4 Å². The van der Waals surface area contributed by atoms with Crippen LogP contribution in [0.25, 0.3) is 12.7 Å². The van der Waals surface area contributed by atoms with Gasteiger partial charge >= 0.3 is 6.01 Å². The summed E-state index contributed by atoms with van der Waals surface area (Å²) in [6, 6.07) is 0.362. The van der Waals surface area contributed by atoms with Crippen molar-refractivity contribution in [2.45, 2.75) is 13.8 Å². The van der Waals surface area contributed by atoms with Crippen LogP contribution in [0.4, 0.5) is 11.1 Å². The van der Waals surface area contributed by atoms with E-state index in [1.165, 1.54) is 11.3 Å². The number of hydrogen-bond acceptors (Lipinski definition) is 5. The molecule has 2 aromatic heterocycles. The molecule has 0 bridgehead atoms. The summed E-state index contributed by atoms with van der Waals surface area (Å²) in [5.74, 6) is 0. The second kappa shape index (κ2) is 5.37. The van der Waals surface area contributed by atoms with Crippen molar-refractivity contribution in [2.75, 3.05) is 5.32 Å². The molecule has 2 aromatic rings. The topological polar surface area (TPSA) is 51.0 Å². The molecule has 1 N–H and O–H groups in total. The molecule has 0 radical (unpaired) electrons. The third-order valence-corrected chi connectivity index (χ3v) is 3.31. The van der Waals surface area contributed by atoms with E-state index < -0.39 is 0 Å². The summed E-state index contributed by atoms with van der Waals surface area (Å²) in [4.78, 5) is 8.51. The standard InChI is InChI=1S/C12H12ClN3OS/c1-4-9(13)5-10-8(3)17-11(15-10)16-12-14-7(2)6-18-12/h4-6H,3H2,1-2H3,(H,14,15,16)/b9-4+,10-5+. The molecule has 4 nitrogen and oxygen atoms in total. The minimum Gasteiger partial charge on any atom is -0.424 e. The maximum atomic E-state index is 5.91. The van der Waals surface area contributed by atoms with Crippen LogP contribution in [0.5, 0.6) is 0 Å². The van der Waals surface area contributed by atoms with E-state index in [0.29, 0.717) is 21.8 Å². The average molecular weight is 282 g/mol. The number of allylic oxidation sites excluding steroid dienone is 2. The van der Waals surface area contributed by atoms with Gasteiger partial charge in [-0.1, -0.05) is 24.3 Å². The molecule has 0 aromatic carbocycles. The van der Waals surface area contributed by atoms with Crippen molar-refractivity contribution in [1.29, 1.82) is 0 Å². The molecular weight excluding hydrogens is 270 g/mol. The largest absolute Gasteiger partial charge is 0.424 e. The fourth-order valence-corrected chi connectivity index (χ4v) is 2.03. The number of nitrogens with zero attached hydrogens (tertiary/aromatic N) is 2. The zero-order valence-electron chi connectivity index (χ0n) is 10.0. The van der Waals surface area contributed by atoms with Crippen LogP contribution < -0.4 is 16.1 Å². The first kappa shape index (κ1) is 12.9. The van der Waals surface area contributed by atoms with Crippen molar-refractivity contribution in [3.8, 4) is 0 Å². The Bertz CT molecular complexity index is 686. The number of aryl methyl sites for hydroxylation is 1. The van der Waals surface area contributed by atoms with E-state index >= 15 is 0 Å². The Kier molecular flexibility index (Phi) is 3.84. The monoisotopic (exact) mass is 281 g/mol. The van der Waals surface area contributed by atoms with Crippen molar-refractivity contribution < 1.29 is 4.42 Å². The minimum atomic E-state index is 0.362. The summed E-state index contributed by atoms with van der Waals surface area (Å²) < 4.78 is 5.39. The number of rotatable bonds is 3. The smallest absolute Gasteiger partial charge is 0.302 e. The van der Waals surface area contributed by atoms with Gasteiger partial charge in [-0.25, -0.2) is 4.98 Å². The highest BCUT2D eigenvalue weighted by Gasteiger charge is 2.04. The number of halogens is 1. The van der Waals surface area contributed by atoms with Gasteiger partial charge < -0.3 is 4.42 Å². The highest BCUT2D eigenvalue weighted by Crippen LogP contribution is 2.17. The number of oxazole rings is 1. The quantitative estimate of drug-likeness (QED) is 0.939. The summed E-state index contributed by atoms with van der Waals surface area (Å²) in [5.41, 5.74) is 1.42. The molecule has 0 aliphatic carbocycles. The molecule has 2 heterocycles. The van der Waals surface area contributed by atoms with Gasteiger partial charge in [-0.2, -0.15) is 4.98 Å². The lowest BCUT2D eigenvalue weighted by Gasteiger charge is -1.92. The van der Waals surface area contributed by atoms with Gasteiger partial charge in [0.15, 0.2) is 5.13 Å². The van der Waals surface area contributed by atoms with Crippen molar-refractivity contribution in [3.63, 3.8) is 0 Å². The average Bonchev–Trinajstić information content (AvgIpc) is 2.87. The predicted octanol–water partition coefficient (Wildman–Crippen LogP) is 2.52. The first-order chi connectivity index (χ1) is 8.58. The zero-order chi connectivity index (χ0) is 13.1. The van der Waals surface area contributed by atoms with Gasteiger partial charge in [0.2, 0.25) is 0 Å². The van der Waals surface area contributed by atoms with E-state index in [-0.39, 0.29) is 0 Å². The van der Waals surface area contributed by atoms with Gasteiger partial charge in [-0.3, -0.25) is 5.32 Å². The van der Waals surface area contributed by atoms with E-state index in [0.717, 1.165) is 10.8 Å². The van der Waals surface area contributed by atoms with Crippen LogP contribution >= 0.6 is 22.9 Å². The highest BCUT2D eigenvalue weighted by atomic mass is 35.5. The summed E-state index contributed by atoms with van der Waals surface area (Å²) in [7, 11) is 0. The molecule has 0 amide bonds. The Hall–Kier alpha value is -1.59. The number of anilines is 2. The fourth-order valence-electron chi connectivity index (χ4n) is 1.25. The van der Waals surface area contributed by atoms with Crippen molar-refractivity contribution in [3.05, 3.63) is 32.9 Å². The Morgan fingerprint density at radius 3 is 2.94 bits per heavy atom. The van der Waals surface area contributed by atoms with E-state index in [2.05, 4.69) is 21.9 Å². The fraction of sp³-hybridized carbons (Fsp3) is 0.167. The van der Waals surface area contributed by atoms with Crippen LogP contribution in [0.3, 0.4) is 0 Å². The summed E-state index contributed by atoms with van der Waals surface area (Å²) in [6.45, 7) is 7.54. The second-order valence-corrected chi connectivity index (χ2v) is 4.86. The maximum Gasteiger partial charge on any atom is 0.302 e. The van der Waals surface area contributed by atoms with Gasteiger partial charge in [0.25, 0.3) is 0 Å². The minimum absolute atomic E-state index is 0.362. The van der Waals surface area contributed by atoms with Crippen LogP contribution in [0.15, 0.2) is 20.9 Å². The lowest BCUT2D eigenvalue weighted by molar-refractivity contribution is 0.545. The summed E-state index contributed by atoms with van der Waals surface area (Å²) >= 11 is 7.40. The third-order valence-electron chi connectivity index (χ3n) is 2.11. The van der Waals surface area contributed by atoms with E-state index in [1.807, 2.05) is 19.2 Å². The van der Waals surface area contributed by atoms with Crippen molar-refractivity contribution in [2.24, 2.45) is 0 Å². The molecule has 0 saturated heterocycles. The van der Waals surface area contributed by atoms with Gasteiger partial charge in [0.05, 0.1) is 5.69 Å². The molecule has 6 heteroatoms. The molecule has 0 atom stereocenters. The molecule has 0 saturated carbocycles. The zero-order valence-corrected chi connectivity index (χ0v) is 11.6. The van der Waals surface area contributed by atoms with Crippen LogP contribution in [0.2, 0.25) is 0 Å². The lowest BCUT2D eigenvalue weighted by Crippen LogP contribution is -2.20. The van der Waals surface area contributed by atoms with Gasteiger partial charge in [0.1, 0.15) is 10.8 Å². The first-order valence-electron chi connectivity index (χ1n) is 5.27. The van der Waals surface area contributed by atoms with Crippen LogP contribution in [0.1, 0.15) is 12.6 Å². The molecule has 94 valence electrons. The Balaban J connectivity index is 2.30. The molecule has 0 fully saturated rings. The van der Waals surface area contributed by atoms with Crippen LogP contribution in [-0.2, 0) is 0 Å². The van der Waals surface area contributed by atoms with Crippen molar-refractivity contribution in [1.82, 2.24) is 9.97 Å². The molecule has 2 rings (SSSR count). The number of thiazole rings is 1. The van der Waals surface area contributed by atoms with Crippen LogP contribution in [-0.4, -0.2) is 9.97 Å². The third kappa shape index (κ3) is 3.00. The molecule has 0 aliphatic heterocycles. The number of aromatic nitrogens is 2. The van der Waals surface area contributed by atoms with Crippen molar-refractivity contribution >= 4 is 46.7 Å². The second-order valence-electron chi connectivity index (χ2n) is 3.56. The predicted molar refractivity (Wildman–Crippen MR) is 75.5 cm³/mol. The van der Waals surface area contributed by atoms with E-state index in [9.17, 15) is 0 Å². The Morgan fingerprint density at radius 1 is 1.56 bits per heavy atom. The van der Waals surface area contributed by atoms with E-state index in [4.69, 9.17) is 16.0 Å². The first-order valence-corrected chi connectivity index (χ1v) is 6.52. The van der Waals surface area contributed by atoms with E-state index in [1.54, 1.807) is 12.2 Å². The van der Waals surface area contributed by atoms with Gasteiger partial charge in [-0.15, -0.1) is 11.3 Å². The van der Waals surface area contributed by atoms with Crippen LogP contribution in [0, 0.1) is 6.92 Å². The Morgan fingerprint density at radius 2 is 2.33 bits per heavy atom. The lowest BCUT2D eigenvalue weighted by atomic mass is 10.4. The Labute approximate surface area is 113 Å². The molecular formula is C12H12ClN3OS. The highest BCUT2D eigenvalue weighted by molar-refractivity contribution is 7.13. The molecule has 0 aliphatic rings. The van der Waals surface area contributed by atoms with Gasteiger partial charge in [-0.05, 0) is 19.9 Å². The maximum absolute atomic E-state index is 5.91. The summed E-state index contributed by atoms with van der Waals surface area (Å²) in [5, 5.41) is 6.86. The molecule has 0 spiro atoms. The normalized spacial score (nSPS) is 13.1. The molecule has 18 heavy (non-hydrogen) atoms.